The molecule has 0 atom stereocenters. The van der Waals surface area contributed by atoms with Crippen LogP contribution in [-0.4, -0.2) is 31.1 Å². The number of anilines is 2. The maximum Gasteiger partial charge on any atom is 0.251 e. The zero-order valence-corrected chi connectivity index (χ0v) is 14.7. The lowest BCUT2D eigenvalue weighted by Crippen LogP contribution is -2.32. The Bertz CT molecular complexity index is 881. The van der Waals surface area contributed by atoms with E-state index in [1.807, 2.05) is 0 Å². The van der Waals surface area contributed by atoms with Crippen molar-refractivity contribution in [3.05, 3.63) is 48.0 Å². The van der Waals surface area contributed by atoms with E-state index in [2.05, 4.69) is 16.0 Å². The second kappa shape index (κ2) is 8.22. The average molecular weight is 369 g/mol. The molecule has 140 valence electrons. The van der Waals surface area contributed by atoms with Gasteiger partial charge in [-0.25, -0.2) is 0 Å². The number of nitrogens with one attached hydrogen (secondary N) is 3. The summed E-state index contributed by atoms with van der Waals surface area (Å²) in [6.45, 7) is 1.68. The smallest absolute Gasteiger partial charge is 0.251 e. The maximum absolute atomic E-state index is 12.2. The summed E-state index contributed by atoms with van der Waals surface area (Å²) in [7, 11) is 0. The van der Waals surface area contributed by atoms with Crippen molar-refractivity contribution in [1.29, 1.82) is 0 Å². The molecule has 3 amide bonds. The summed E-state index contributed by atoms with van der Waals surface area (Å²) in [6.07, 6.45) is 0.364. The highest BCUT2D eigenvalue weighted by atomic mass is 16.7. The minimum Gasteiger partial charge on any atom is -0.454 e. The summed E-state index contributed by atoms with van der Waals surface area (Å²) in [5.41, 5.74) is 1.48. The number of amides is 3. The molecule has 0 radical (unpaired) electrons. The van der Waals surface area contributed by atoms with Gasteiger partial charge in [-0.05, 0) is 36.4 Å². The van der Waals surface area contributed by atoms with Crippen LogP contribution in [0, 0.1) is 0 Å². The van der Waals surface area contributed by atoms with Gasteiger partial charge in [-0.2, -0.15) is 0 Å². The molecule has 8 nitrogen and oxygen atoms in total. The highest BCUT2D eigenvalue weighted by molar-refractivity contribution is 6.00. The van der Waals surface area contributed by atoms with Crippen molar-refractivity contribution in [2.45, 2.75) is 13.3 Å². The van der Waals surface area contributed by atoms with Crippen LogP contribution in [0.3, 0.4) is 0 Å². The normalized spacial score (nSPS) is 11.6. The second-order valence-corrected chi connectivity index (χ2v) is 5.78. The van der Waals surface area contributed by atoms with Crippen LogP contribution < -0.4 is 25.4 Å². The maximum atomic E-state index is 12.2. The molecule has 0 aromatic heterocycles. The summed E-state index contributed by atoms with van der Waals surface area (Å²) in [4.78, 5) is 35.7. The van der Waals surface area contributed by atoms with Crippen LogP contribution in [0.15, 0.2) is 42.5 Å². The van der Waals surface area contributed by atoms with Crippen molar-refractivity contribution in [3.63, 3.8) is 0 Å². The Labute approximate surface area is 155 Å². The molecule has 3 rings (SSSR count). The molecule has 0 spiro atoms. The molecule has 8 heteroatoms. The monoisotopic (exact) mass is 369 g/mol. The van der Waals surface area contributed by atoms with Gasteiger partial charge in [0.25, 0.3) is 5.91 Å². The molecule has 1 aliphatic heterocycles. The van der Waals surface area contributed by atoms with Gasteiger partial charge in [0.05, 0.1) is 6.54 Å². The fourth-order valence-electron chi connectivity index (χ4n) is 2.43. The lowest BCUT2D eigenvalue weighted by Gasteiger charge is -2.09. The van der Waals surface area contributed by atoms with Crippen LogP contribution in [-0.2, 0) is 9.59 Å². The zero-order valence-electron chi connectivity index (χ0n) is 14.7. The van der Waals surface area contributed by atoms with Gasteiger partial charge in [0.2, 0.25) is 18.6 Å². The highest BCUT2D eigenvalue weighted by Gasteiger charge is 2.16. The molecule has 3 N–H and O–H groups in total. The summed E-state index contributed by atoms with van der Waals surface area (Å²) < 4.78 is 10.4. The van der Waals surface area contributed by atoms with Gasteiger partial charge < -0.3 is 25.4 Å². The van der Waals surface area contributed by atoms with Crippen molar-refractivity contribution < 1.29 is 23.9 Å². The van der Waals surface area contributed by atoms with Gasteiger partial charge in [-0.3, -0.25) is 14.4 Å². The van der Waals surface area contributed by atoms with Crippen LogP contribution in [0.4, 0.5) is 11.4 Å². The number of hydrogen-bond acceptors (Lipinski definition) is 5. The van der Waals surface area contributed by atoms with Crippen LogP contribution in [0.25, 0.3) is 0 Å². The van der Waals surface area contributed by atoms with Gasteiger partial charge in [-0.1, -0.05) is 13.0 Å². The largest absolute Gasteiger partial charge is 0.454 e. The van der Waals surface area contributed by atoms with E-state index in [9.17, 15) is 14.4 Å². The molecule has 1 aliphatic rings. The highest BCUT2D eigenvalue weighted by Crippen LogP contribution is 2.32. The molecule has 0 aliphatic carbocycles. The first-order valence-electron chi connectivity index (χ1n) is 8.43. The lowest BCUT2D eigenvalue weighted by molar-refractivity contribution is -0.116. The lowest BCUT2D eigenvalue weighted by atomic mass is 10.2. The van der Waals surface area contributed by atoms with Crippen LogP contribution >= 0.6 is 0 Å². The Balaban J connectivity index is 1.53. The zero-order chi connectivity index (χ0) is 19.2. The van der Waals surface area contributed by atoms with E-state index in [-0.39, 0.29) is 25.2 Å². The summed E-state index contributed by atoms with van der Waals surface area (Å²) in [6, 6.07) is 11.6. The minimum absolute atomic E-state index is 0.116. The molecule has 0 bridgehead atoms. The standard InChI is InChI=1S/C19H19N3O5/c1-2-17(23)21-13-4-3-5-14(9-13)22-18(24)10-20-19(25)12-6-7-15-16(8-12)27-11-26-15/h3-9H,2,10-11H2,1H3,(H,20,25)(H,21,23)(H,22,24). The third kappa shape index (κ3) is 4.75. The number of fused-ring (bicyclic) bond motifs is 1. The molecule has 2 aromatic rings. The molecule has 0 saturated carbocycles. The van der Waals surface area contributed by atoms with Gasteiger partial charge in [0.1, 0.15) is 0 Å². The Morgan fingerprint density at radius 3 is 2.37 bits per heavy atom. The minimum atomic E-state index is -0.396. The predicted molar refractivity (Wildman–Crippen MR) is 98.9 cm³/mol. The molecule has 1 heterocycles. The van der Waals surface area contributed by atoms with Crippen LogP contribution in [0.1, 0.15) is 23.7 Å². The fourth-order valence-corrected chi connectivity index (χ4v) is 2.43. The van der Waals surface area contributed by atoms with Crippen LogP contribution in [0.5, 0.6) is 11.5 Å². The number of carbonyl (C=O) groups excluding carboxylic acids is 3. The molecule has 0 saturated heterocycles. The first-order chi connectivity index (χ1) is 13.0. The van der Waals surface area contributed by atoms with Gasteiger partial charge in [0, 0.05) is 23.4 Å². The quantitative estimate of drug-likeness (QED) is 0.723. The molecular weight excluding hydrogens is 350 g/mol. The van der Waals surface area contributed by atoms with E-state index < -0.39 is 5.91 Å². The van der Waals surface area contributed by atoms with Crippen molar-refractivity contribution in [3.8, 4) is 11.5 Å². The van der Waals surface area contributed by atoms with Crippen molar-refractivity contribution in [1.82, 2.24) is 5.32 Å². The first kappa shape index (κ1) is 18.2. The molecule has 27 heavy (non-hydrogen) atoms. The number of ether oxygens (including phenoxy) is 2. The average Bonchev–Trinajstić information content (AvgIpc) is 3.14. The topological polar surface area (TPSA) is 106 Å². The molecular formula is C19H19N3O5. The second-order valence-electron chi connectivity index (χ2n) is 5.78. The SMILES string of the molecule is CCC(=O)Nc1cccc(NC(=O)CNC(=O)c2ccc3c(c2)OCO3)c1. The van der Waals surface area contributed by atoms with E-state index in [1.165, 1.54) is 0 Å². The summed E-state index contributed by atoms with van der Waals surface area (Å²) in [5, 5.41) is 7.94. The predicted octanol–water partition coefficient (Wildman–Crippen LogP) is 2.13. The van der Waals surface area contributed by atoms with Gasteiger partial charge >= 0.3 is 0 Å². The summed E-state index contributed by atoms with van der Waals surface area (Å²) in [5.74, 6) is 0.183. The van der Waals surface area contributed by atoms with E-state index in [0.717, 1.165) is 0 Å². The Morgan fingerprint density at radius 2 is 1.63 bits per heavy atom. The Morgan fingerprint density at radius 1 is 0.926 bits per heavy atom. The van der Waals surface area contributed by atoms with E-state index in [1.54, 1.807) is 49.4 Å². The van der Waals surface area contributed by atoms with Gasteiger partial charge in [0.15, 0.2) is 11.5 Å². The van der Waals surface area contributed by atoms with Gasteiger partial charge in [-0.15, -0.1) is 0 Å². The van der Waals surface area contributed by atoms with E-state index in [0.29, 0.717) is 34.9 Å². The van der Waals surface area contributed by atoms with Crippen LogP contribution in [0.2, 0.25) is 0 Å². The van der Waals surface area contributed by atoms with Crippen molar-refractivity contribution in [2.75, 3.05) is 24.0 Å². The number of carbonyl (C=O) groups is 3. The summed E-state index contributed by atoms with van der Waals surface area (Å²) >= 11 is 0. The number of rotatable bonds is 6. The fraction of sp³-hybridized carbons (Fsp3) is 0.211. The van der Waals surface area contributed by atoms with Crippen molar-refractivity contribution in [2.24, 2.45) is 0 Å². The Hall–Kier alpha value is -3.55. The number of benzene rings is 2. The third-order valence-corrected chi connectivity index (χ3v) is 3.80. The first-order valence-corrected chi connectivity index (χ1v) is 8.43. The number of hydrogen-bond donors (Lipinski definition) is 3. The van der Waals surface area contributed by atoms with E-state index >= 15 is 0 Å². The molecule has 0 fully saturated rings. The van der Waals surface area contributed by atoms with Crippen molar-refractivity contribution >= 4 is 29.1 Å². The molecule has 0 unspecified atom stereocenters. The Kier molecular flexibility index (Phi) is 5.55. The van der Waals surface area contributed by atoms with E-state index in [4.69, 9.17) is 9.47 Å². The third-order valence-electron chi connectivity index (χ3n) is 3.80. The molecule has 2 aromatic carbocycles.